The molecule has 0 aliphatic carbocycles. The van der Waals surface area contributed by atoms with Crippen molar-refractivity contribution >= 4 is 23.9 Å². The van der Waals surface area contributed by atoms with E-state index in [9.17, 15) is 19.2 Å². The quantitative estimate of drug-likeness (QED) is 0.260. The predicted molar refractivity (Wildman–Crippen MR) is 114 cm³/mol. The average Bonchev–Trinajstić information content (AvgIpc) is 2.74. The third kappa shape index (κ3) is 12.9. The van der Waals surface area contributed by atoms with Crippen molar-refractivity contribution < 1.29 is 48.3 Å². The minimum atomic E-state index is -1.23. The molecular weight excluding hydrogens is 424 g/mol. The summed E-state index contributed by atoms with van der Waals surface area (Å²) in [6.07, 6.45) is 0. The molecule has 0 aromatic heterocycles. The molecule has 0 spiro atoms. The monoisotopic (exact) mass is 452 g/mol. The van der Waals surface area contributed by atoms with Gasteiger partial charge < -0.3 is 29.2 Å². The van der Waals surface area contributed by atoms with Gasteiger partial charge in [-0.2, -0.15) is 0 Å². The van der Waals surface area contributed by atoms with Crippen LogP contribution in [-0.2, 0) is 28.5 Å². The SMILES string of the molecule is C=C(C)C(=O)OCCOCCOCCOC(=O)C(=C)C.O=C(O)c1ccccc1C(=O)O. The highest BCUT2D eigenvalue weighted by atomic mass is 16.6. The summed E-state index contributed by atoms with van der Waals surface area (Å²) in [7, 11) is 0. The van der Waals surface area contributed by atoms with Crippen LogP contribution in [0.3, 0.4) is 0 Å². The van der Waals surface area contributed by atoms with E-state index in [1.54, 1.807) is 13.8 Å². The van der Waals surface area contributed by atoms with Crippen LogP contribution in [0.4, 0.5) is 0 Å². The smallest absolute Gasteiger partial charge is 0.336 e. The second kappa shape index (κ2) is 16.2. The average molecular weight is 452 g/mol. The summed E-state index contributed by atoms with van der Waals surface area (Å²) in [5.41, 5.74) is 0.338. The maximum absolute atomic E-state index is 11.0. The Morgan fingerprint density at radius 2 is 1.00 bits per heavy atom. The van der Waals surface area contributed by atoms with E-state index in [0.717, 1.165) is 0 Å². The number of carbonyl (C=O) groups is 4. The molecule has 10 nitrogen and oxygen atoms in total. The van der Waals surface area contributed by atoms with Crippen LogP contribution in [0.5, 0.6) is 0 Å². The maximum Gasteiger partial charge on any atom is 0.336 e. The standard InChI is InChI=1S/C14H22O6.C8H6O4/c1-11(2)13(15)19-9-7-17-5-6-18-8-10-20-14(16)12(3)4;9-7(10)5-3-1-2-4-6(5)8(11)12/h1,3,5-10H2,2,4H3;1-4H,(H,9,10)(H,11,12). The Bertz CT molecular complexity index is 746. The van der Waals surface area contributed by atoms with Gasteiger partial charge in [-0.15, -0.1) is 0 Å². The Kier molecular flexibility index (Phi) is 14.5. The fraction of sp³-hybridized carbons (Fsp3) is 0.364. The molecule has 0 saturated heterocycles. The number of aromatic carboxylic acids is 2. The molecule has 0 amide bonds. The zero-order valence-corrected chi connectivity index (χ0v) is 18.1. The van der Waals surface area contributed by atoms with E-state index < -0.39 is 23.9 Å². The molecule has 1 aromatic rings. The first-order valence-corrected chi connectivity index (χ1v) is 9.44. The molecule has 10 heteroatoms. The molecule has 0 aliphatic heterocycles. The van der Waals surface area contributed by atoms with Gasteiger partial charge in [0.15, 0.2) is 0 Å². The summed E-state index contributed by atoms with van der Waals surface area (Å²) in [6.45, 7) is 11.8. The second-order valence-corrected chi connectivity index (χ2v) is 6.21. The van der Waals surface area contributed by atoms with Crippen molar-refractivity contribution in [2.45, 2.75) is 13.8 Å². The number of carboxylic acid groups (broad SMARTS) is 2. The van der Waals surface area contributed by atoms with Crippen molar-refractivity contribution in [3.8, 4) is 0 Å². The predicted octanol–water partition coefficient (Wildman–Crippen LogP) is 2.34. The van der Waals surface area contributed by atoms with Crippen molar-refractivity contribution in [1.29, 1.82) is 0 Å². The summed E-state index contributed by atoms with van der Waals surface area (Å²) in [4.78, 5) is 42.9. The molecule has 0 aliphatic rings. The first-order valence-electron chi connectivity index (χ1n) is 9.44. The summed E-state index contributed by atoms with van der Waals surface area (Å²) in [6, 6.07) is 5.48. The van der Waals surface area contributed by atoms with E-state index >= 15 is 0 Å². The van der Waals surface area contributed by atoms with Gasteiger partial charge in [-0.05, 0) is 26.0 Å². The van der Waals surface area contributed by atoms with Gasteiger partial charge in [0.2, 0.25) is 0 Å². The summed E-state index contributed by atoms with van der Waals surface area (Å²) >= 11 is 0. The molecule has 0 unspecified atom stereocenters. The van der Waals surface area contributed by atoms with E-state index in [1.807, 2.05) is 0 Å². The molecular formula is C22H28O10. The molecule has 0 atom stereocenters. The van der Waals surface area contributed by atoms with E-state index in [-0.39, 0.29) is 24.3 Å². The zero-order chi connectivity index (χ0) is 24.5. The lowest BCUT2D eigenvalue weighted by molar-refractivity contribution is -0.142. The first-order chi connectivity index (χ1) is 15.1. The molecule has 0 heterocycles. The van der Waals surface area contributed by atoms with Gasteiger partial charge in [0, 0.05) is 11.1 Å². The lowest BCUT2D eigenvalue weighted by atomic mass is 10.1. The molecule has 0 bridgehead atoms. The van der Waals surface area contributed by atoms with Crippen LogP contribution >= 0.6 is 0 Å². The lowest BCUT2D eigenvalue weighted by Gasteiger charge is -2.07. The second-order valence-electron chi connectivity index (χ2n) is 6.21. The Morgan fingerprint density at radius 3 is 1.28 bits per heavy atom. The normalized spacial score (nSPS) is 9.69. The van der Waals surface area contributed by atoms with Crippen molar-refractivity contribution in [3.63, 3.8) is 0 Å². The molecule has 1 rings (SSSR count). The van der Waals surface area contributed by atoms with E-state index in [2.05, 4.69) is 13.2 Å². The van der Waals surface area contributed by atoms with Gasteiger partial charge in [-0.3, -0.25) is 0 Å². The van der Waals surface area contributed by atoms with Crippen LogP contribution in [0, 0.1) is 0 Å². The number of esters is 2. The molecule has 2 N–H and O–H groups in total. The number of ether oxygens (including phenoxy) is 4. The fourth-order valence-corrected chi connectivity index (χ4v) is 1.81. The van der Waals surface area contributed by atoms with Crippen LogP contribution in [0.1, 0.15) is 34.6 Å². The number of hydrogen-bond donors (Lipinski definition) is 2. The molecule has 1 aromatic carbocycles. The van der Waals surface area contributed by atoms with Gasteiger partial charge in [0.05, 0.1) is 37.6 Å². The minimum Gasteiger partial charge on any atom is -0.478 e. The minimum absolute atomic E-state index is 0.182. The Morgan fingerprint density at radius 1 is 0.688 bits per heavy atom. The maximum atomic E-state index is 11.0. The molecule has 0 radical (unpaired) electrons. The van der Waals surface area contributed by atoms with Gasteiger partial charge in [0.1, 0.15) is 13.2 Å². The third-order valence-electron chi connectivity index (χ3n) is 3.38. The van der Waals surface area contributed by atoms with Gasteiger partial charge >= 0.3 is 23.9 Å². The van der Waals surface area contributed by atoms with Crippen molar-refractivity contribution in [1.82, 2.24) is 0 Å². The number of carboxylic acids is 2. The number of hydrogen-bond acceptors (Lipinski definition) is 8. The summed E-state index contributed by atoms with van der Waals surface area (Å²) in [5, 5.41) is 17.1. The first kappa shape index (κ1) is 28.5. The highest BCUT2D eigenvalue weighted by Crippen LogP contribution is 2.07. The third-order valence-corrected chi connectivity index (χ3v) is 3.38. The molecule has 176 valence electrons. The number of benzene rings is 1. The fourth-order valence-electron chi connectivity index (χ4n) is 1.81. The Balaban J connectivity index is 0.000000677. The number of rotatable bonds is 13. The van der Waals surface area contributed by atoms with Gasteiger partial charge in [-0.25, -0.2) is 19.2 Å². The van der Waals surface area contributed by atoms with E-state index in [1.165, 1.54) is 24.3 Å². The van der Waals surface area contributed by atoms with Crippen LogP contribution in [0.2, 0.25) is 0 Å². The van der Waals surface area contributed by atoms with E-state index in [0.29, 0.717) is 37.6 Å². The van der Waals surface area contributed by atoms with Gasteiger partial charge in [0.25, 0.3) is 0 Å². The summed E-state index contributed by atoms with van der Waals surface area (Å²) < 4.78 is 20.0. The lowest BCUT2D eigenvalue weighted by Crippen LogP contribution is -2.15. The largest absolute Gasteiger partial charge is 0.478 e. The summed E-state index contributed by atoms with van der Waals surface area (Å²) in [5.74, 6) is -3.31. The van der Waals surface area contributed by atoms with Crippen LogP contribution in [0.25, 0.3) is 0 Å². The highest BCUT2D eigenvalue weighted by molar-refractivity contribution is 6.01. The molecule has 0 saturated carbocycles. The van der Waals surface area contributed by atoms with Crippen molar-refractivity contribution in [2.24, 2.45) is 0 Å². The van der Waals surface area contributed by atoms with Crippen molar-refractivity contribution in [2.75, 3.05) is 39.6 Å². The highest BCUT2D eigenvalue weighted by Gasteiger charge is 2.13. The Labute approximate surface area is 186 Å². The van der Waals surface area contributed by atoms with Crippen molar-refractivity contribution in [3.05, 3.63) is 59.7 Å². The molecule has 0 fully saturated rings. The molecule has 32 heavy (non-hydrogen) atoms. The van der Waals surface area contributed by atoms with E-state index in [4.69, 9.17) is 29.2 Å². The van der Waals surface area contributed by atoms with Crippen LogP contribution in [0.15, 0.2) is 48.6 Å². The zero-order valence-electron chi connectivity index (χ0n) is 18.1. The van der Waals surface area contributed by atoms with Crippen LogP contribution in [-0.4, -0.2) is 73.7 Å². The Hall–Kier alpha value is -3.50. The van der Waals surface area contributed by atoms with Gasteiger partial charge in [-0.1, -0.05) is 25.3 Å². The van der Waals surface area contributed by atoms with Crippen LogP contribution < -0.4 is 0 Å². The topological polar surface area (TPSA) is 146 Å². The number of carbonyl (C=O) groups excluding carboxylic acids is 2.